The Bertz CT molecular complexity index is 187. The molecule has 2 aliphatic rings. The molecule has 2 heteroatoms. The molecule has 2 fully saturated rings. The second kappa shape index (κ2) is 6.61. The van der Waals surface area contributed by atoms with Crippen LogP contribution in [0, 0.1) is 5.92 Å². The van der Waals surface area contributed by atoms with E-state index in [1.165, 1.54) is 70.9 Å². The SMILES string of the molecule is NCCCCCN1CCCC1C1CCCC1. The Hall–Kier alpha value is -0.0800. The predicted octanol–water partition coefficient (Wildman–Crippen LogP) is 2.77. The monoisotopic (exact) mass is 224 g/mol. The first-order chi connectivity index (χ1) is 7.92. The summed E-state index contributed by atoms with van der Waals surface area (Å²) in [7, 11) is 0. The third-order valence-corrected chi connectivity index (χ3v) is 4.51. The Balaban J connectivity index is 1.70. The lowest BCUT2D eigenvalue weighted by molar-refractivity contribution is 0.187. The van der Waals surface area contributed by atoms with E-state index in [0.29, 0.717) is 0 Å². The van der Waals surface area contributed by atoms with Crippen molar-refractivity contribution in [2.45, 2.75) is 63.8 Å². The molecule has 0 aromatic heterocycles. The Morgan fingerprint density at radius 3 is 2.50 bits per heavy atom. The van der Waals surface area contributed by atoms with Crippen molar-refractivity contribution in [3.05, 3.63) is 0 Å². The fraction of sp³-hybridized carbons (Fsp3) is 1.00. The molecule has 0 spiro atoms. The van der Waals surface area contributed by atoms with Gasteiger partial charge in [0.05, 0.1) is 0 Å². The normalized spacial score (nSPS) is 27.9. The number of nitrogens with two attached hydrogens (primary N) is 1. The summed E-state index contributed by atoms with van der Waals surface area (Å²) in [5.74, 6) is 1.04. The van der Waals surface area contributed by atoms with Gasteiger partial charge in [-0.15, -0.1) is 0 Å². The minimum Gasteiger partial charge on any atom is -0.330 e. The summed E-state index contributed by atoms with van der Waals surface area (Å²) in [4.78, 5) is 2.78. The predicted molar refractivity (Wildman–Crippen MR) is 69.5 cm³/mol. The summed E-state index contributed by atoms with van der Waals surface area (Å²) in [5.41, 5.74) is 5.54. The van der Waals surface area contributed by atoms with E-state index >= 15 is 0 Å². The third kappa shape index (κ3) is 3.21. The quantitative estimate of drug-likeness (QED) is 0.703. The molecule has 94 valence electrons. The summed E-state index contributed by atoms with van der Waals surface area (Å²) >= 11 is 0. The molecule has 1 heterocycles. The van der Waals surface area contributed by atoms with Crippen LogP contribution in [0.25, 0.3) is 0 Å². The van der Waals surface area contributed by atoms with Gasteiger partial charge in [-0.3, -0.25) is 0 Å². The highest BCUT2D eigenvalue weighted by Gasteiger charge is 2.32. The molecular weight excluding hydrogens is 196 g/mol. The maximum Gasteiger partial charge on any atom is 0.0124 e. The highest BCUT2D eigenvalue weighted by molar-refractivity contribution is 4.87. The topological polar surface area (TPSA) is 29.3 Å². The number of rotatable bonds is 6. The van der Waals surface area contributed by atoms with Gasteiger partial charge in [0.25, 0.3) is 0 Å². The van der Waals surface area contributed by atoms with Crippen LogP contribution >= 0.6 is 0 Å². The molecule has 2 nitrogen and oxygen atoms in total. The molecule has 1 unspecified atom stereocenters. The highest BCUT2D eigenvalue weighted by atomic mass is 15.2. The van der Waals surface area contributed by atoms with Gasteiger partial charge in [-0.25, -0.2) is 0 Å². The molecule has 2 N–H and O–H groups in total. The van der Waals surface area contributed by atoms with Gasteiger partial charge in [0, 0.05) is 6.04 Å². The van der Waals surface area contributed by atoms with Crippen LogP contribution in [0.4, 0.5) is 0 Å². The molecule has 0 aromatic rings. The molecule has 0 radical (unpaired) electrons. The van der Waals surface area contributed by atoms with Gasteiger partial charge in [0.2, 0.25) is 0 Å². The maximum absolute atomic E-state index is 5.54. The van der Waals surface area contributed by atoms with Crippen LogP contribution in [0.1, 0.15) is 57.8 Å². The molecule has 0 bridgehead atoms. The van der Waals surface area contributed by atoms with Gasteiger partial charge in [-0.2, -0.15) is 0 Å². The van der Waals surface area contributed by atoms with Crippen molar-refractivity contribution in [3.8, 4) is 0 Å². The Labute approximate surface area is 101 Å². The van der Waals surface area contributed by atoms with E-state index in [1.807, 2.05) is 0 Å². The first-order valence-electron chi connectivity index (χ1n) is 7.36. The molecule has 1 atom stereocenters. The van der Waals surface area contributed by atoms with Gasteiger partial charge < -0.3 is 10.6 Å². The number of hydrogen-bond donors (Lipinski definition) is 1. The number of hydrogen-bond acceptors (Lipinski definition) is 2. The summed E-state index contributed by atoms with van der Waals surface area (Å²) in [6, 6.07) is 0.945. The summed E-state index contributed by atoms with van der Waals surface area (Å²) in [6.45, 7) is 3.57. The zero-order valence-corrected chi connectivity index (χ0v) is 10.7. The molecule has 0 amide bonds. The first kappa shape index (κ1) is 12.4. The molecule has 2 rings (SSSR count). The van der Waals surface area contributed by atoms with Crippen LogP contribution in [-0.2, 0) is 0 Å². The van der Waals surface area contributed by atoms with Crippen LogP contribution in [0.15, 0.2) is 0 Å². The van der Waals surface area contributed by atoms with Gasteiger partial charge in [0.1, 0.15) is 0 Å². The molecule has 1 aliphatic heterocycles. The average Bonchev–Trinajstić information content (AvgIpc) is 2.94. The molecule has 0 aromatic carbocycles. The van der Waals surface area contributed by atoms with E-state index in [9.17, 15) is 0 Å². The number of nitrogens with zero attached hydrogens (tertiary/aromatic N) is 1. The van der Waals surface area contributed by atoms with E-state index in [-0.39, 0.29) is 0 Å². The van der Waals surface area contributed by atoms with Crippen LogP contribution in [-0.4, -0.2) is 30.6 Å². The first-order valence-corrected chi connectivity index (χ1v) is 7.36. The Kier molecular flexibility index (Phi) is 5.11. The minimum absolute atomic E-state index is 0.867. The Morgan fingerprint density at radius 2 is 1.75 bits per heavy atom. The zero-order valence-electron chi connectivity index (χ0n) is 10.7. The fourth-order valence-corrected chi connectivity index (χ4v) is 3.64. The van der Waals surface area contributed by atoms with Crippen molar-refractivity contribution in [1.29, 1.82) is 0 Å². The highest BCUT2D eigenvalue weighted by Crippen LogP contribution is 2.35. The van der Waals surface area contributed by atoms with Crippen LogP contribution in [0.5, 0.6) is 0 Å². The lowest BCUT2D eigenvalue weighted by Gasteiger charge is -2.29. The van der Waals surface area contributed by atoms with E-state index in [2.05, 4.69) is 4.90 Å². The molecule has 1 saturated heterocycles. The van der Waals surface area contributed by atoms with Gasteiger partial charge in [0.15, 0.2) is 0 Å². The van der Waals surface area contributed by atoms with Crippen molar-refractivity contribution in [3.63, 3.8) is 0 Å². The van der Waals surface area contributed by atoms with Gasteiger partial charge >= 0.3 is 0 Å². The second-order valence-corrected chi connectivity index (χ2v) is 5.64. The van der Waals surface area contributed by atoms with Crippen LogP contribution in [0.2, 0.25) is 0 Å². The summed E-state index contributed by atoms with van der Waals surface area (Å²) in [5, 5.41) is 0. The number of unbranched alkanes of at least 4 members (excludes halogenated alkanes) is 2. The van der Waals surface area contributed by atoms with Crippen molar-refractivity contribution >= 4 is 0 Å². The van der Waals surface area contributed by atoms with Crippen molar-refractivity contribution in [2.24, 2.45) is 11.7 Å². The zero-order chi connectivity index (χ0) is 11.2. The largest absolute Gasteiger partial charge is 0.330 e. The minimum atomic E-state index is 0.867. The molecule has 1 saturated carbocycles. The maximum atomic E-state index is 5.54. The lowest BCUT2D eigenvalue weighted by atomic mass is 9.96. The second-order valence-electron chi connectivity index (χ2n) is 5.64. The summed E-state index contributed by atoms with van der Waals surface area (Å²) in [6.07, 6.45) is 12.8. The van der Waals surface area contributed by atoms with Crippen molar-refractivity contribution < 1.29 is 0 Å². The van der Waals surface area contributed by atoms with Crippen molar-refractivity contribution in [1.82, 2.24) is 4.90 Å². The molecular formula is C14H28N2. The van der Waals surface area contributed by atoms with Crippen LogP contribution in [0.3, 0.4) is 0 Å². The standard InChI is InChI=1S/C14H28N2/c15-10-4-1-5-11-16-12-6-9-14(16)13-7-2-3-8-13/h13-14H,1-12,15H2. The van der Waals surface area contributed by atoms with E-state index in [0.717, 1.165) is 18.5 Å². The Morgan fingerprint density at radius 1 is 0.938 bits per heavy atom. The smallest absolute Gasteiger partial charge is 0.0124 e. The van der Waals surface area contributed by atoms with Crippen molar-refractivity contribution in [2.75, 3.05) is 19.6 Å². The molecule has 16 heavy (non-hydrogen) atoms. The van der Waals surface area contributed by atoms with E-state index in [1.54, 1.807) is 0 Å². The molecule has 1 aliphatic carbocycles. The van der Waals surface area contributed by atoms with E-state index < -0.39 is 0 Å². The summed E-state index contributed by atoms with van der Waals surface area (Å²) < 4.78 is 0. The van der Waals surface area contributed by atoms with Gasteiger partial charge in [-0.1, -0.05) is 19.3 Å². The van der Waals surface area contributed by atoms with E-state index in [4.69, 9.17) is 5.73 Å². The average molecular weight is 224 g/mol. The third-order valence-electron chi connectivity index (χ3n) is 4.51. The lowest BCUT2D eigenvalue weighted by Crippen LogP contribution is -2.35. The fourth-order valence-electron chi connectivity index (χ4n) is 3.64. The van der Waals surface area contributed by atoms with Crippen LogP contribution < -0.4 is 5.73 Å². The van der Waals surface area contributed by atoms with Gasteiger partial charge in [-0.05, 0) is 64.1 Å². The number of likely N-dealkylation sites (tertiary alicyclic amines) is 1.